The normalized spacial score (nSPS) is 20.1. The van der Waals surface area contributed by atoms with E-state index in [2.05, 4.69) is 27.6 Å². The van der Waals surface area contributed by atoms with Crippen molar-refractivity contribution in [2.45, 2.75) is 13.0 Å². The van der Waals surface area contributed by atoms with Gasteiger partial charge in [-0.1, -0.05) is 0 Å². The maximum absolute atomic E-state index is 5.03. The molecule has 2 rings (SSSR count). The smallest absolute Gasteiger partial charge is 0.191 e. The van der Waals surface area contributed by atoms with Crippen molar-refractivity contribution in [1.82, 2.24) is 15.5 Å². The lowest BCUT2D eigenvalue weighted by atomic mass is 10.1. The third-order valence-electron chi connectivity index (χ3n) is 3.31. The molecule has 1 saturated heterocycles. The van der Waals surface area contributed by atoms with E-state index in [4.69, 9.17) is 4.42 Å². The van der Waals surface area contributed by atoms with Gasteiger partial charge in [0, 0.05) is 32.2 Å². The average Bonchev–Trinajstić information content (AvgIpc) is 3.01. The molecule has 1 fully saturated rings. The molecule has 5 nitrogen and oxygen atoms in total. The summed E-state index contributed by atoms with van der Waals surface area (Å²) in [6, 6.07) is 1.95. The van der Waals surface area contributed by atoms with Crippen LogP contribution in [0.4, 0.5) is 0 Å². The third kappa shape index (κ3) is 5.40. The molecule has 2 heterocycles. The molecule has 0 bridgehead atoms. The minimum atomic E-state index is 0. The zero-order valence-corrected chi connectivity index (χ0v) is 13.9. The van der Waals surface area contributed by atoms with Gasteiger partial charge < -0.3 is 20.0 Å². The van der Waals surface area contributed by atoms with Gasteiger partial charge in [-0.05, 0) is 32.0 Å². The Kier molecular flexibility index (Phi) is 7.22. The van der Waals surface area contributed by atoms with E-state index in [9.17, 15) is 0 Å². The molecule has 108 valence electrons. The summed E-state index contributed by atoms with van der Waals surface area (Å²) in [6.45, 7) is 4.09. The number of likely N-dealkylation sites (tertiary alicyclic amines) is 1. The molecule has 0 radical (unpaired) electrons. The van der Waals surface area contributed by atoms with Crippen molar-refractivity contribution in [1.29, 1.82) is 0 Å². The van der Waals surface area contributed by atoms with Gasteiger partial charge in [0.05, 0.1) is 12.5 Å². The fraction of sp³-hybridized carbons (Fsp3) is 0.615. The largest absolute Gasteiger partial charge is 0.472 e. The summed E-state index contributed by atoms with van der Waals surface area (Å²) >= 11 is 0. The Balaban J connectivity index is 0.00000180. The predicted molar refractivity (Wildman–Crippen MR) is 87.9 cm³/mol. The molecule has 1 aromatic rings. The lowest BCUT2D eigenvalue weighted by Crippen LogP contribution is -2.39. The van der Waals surface area contributed by atoms with Crippen molar-refractivity contribution < 1.29 is 4.42 Å². The van der Waals surface area contributed by atoms with Crippen molar-refractivity contribution in [3.05, 3.63) is 24.2 Å². The molecule has 0 amide bonds. The topological polar surface area (TPSA) is 52.8 Å². The highest BCUT2D eigenvalue weighted by atomic mass is 127. The lowest BCUT2D eigenvalue weighted by Gasteiger charge is -2.15. The lowest BCUT2D eigenvalue weighted by molar-refractivity contribution is 0.394. The summed E-state index contributed by atoms with van der Waals surface area (Å²) in [5, 5.41) is 6.65. The molecule has 1 aliphatic heterocycles. The van der Waals surface area contributed by atoms with Crippen molar-refractivity contribution in [3.63, 3.8) is 0 Å². The Labute approximate surface area is 131 Å². The van der Waals surface area contributed by atoms with Crippen molar-refractivity contribution in [2.24, 2.45) is 10.9 Å². The highest BCUT2D eigenvalue weighted by Crippen LogP contribution is 2.12. The minimum absolute atomic E-state index is 0. The number of hydrogen-bond acceptors (Lipinski definition) is 3. The van der Waals surface area contributed by atoms with Gasteiger partial charge >= 0.3 is 0 Å². The molecule has 19 heavy (non-hydrogen) atoms. The number of halogens is 1. The number of nitrogens with one attached hydrogen (secondary N) is 2. The van der Waals surface area contributed by atoms with Crippen molar-refractivity contribution >= 4 is 29.9 Å². The van der Waals surface area contributed by atoms with Gasteiger partial charge in [-0.3, -0.25) is 4.99 Å². The zero-order chi connectivity index (χ0) is 12.8. The highest BCUT2D eigenvalue weighted by molar-refractivity contribution is 14.0. The van der Waals surface area contributed by atoms with Crippen LogP contribution in [-0.2, 0) is 6.54 Å². The van der Waals surface area contributed by atoms with E-state index in [0.717, 1.165) is 30.5 Å². The minimum Gasteiger partial charge on any atom is -0.472 e. The Bertz CT molecular complexity index is 380. The first-order valence-electron chi connectivity index (χ1n) is 6.42. The first-order valence-corrected chi connectivity index (χ1v) is 6.42. The average molecular weight is 378 g/mol. The van der Waals surface area contributed by atoms with E-state index in [1.54, 1.807) is 19.6 Å². The van der Waals surface area contributed by atoms with Gasteiger partial charge in [0.1, 0.15) is 0 Å². The van der Waals surface area contributed by atoms with Crippen LogP contribution in [0, 0.1) is 5.92 Å². The van der Waals surface area contributed by atoms with Crippen LogP contribution in [0.2, 0.25) is 0 Å². The number of guanidine groups is 1. The molecule has 0 spiro atoms. The van der Waals surface area contributed by atoms with E-state index < -0.39 is 0 Å². The van der Waals surface area contributed by atoms with Crippen LogP contribution in [-0.4, -0.2) is 44.6 Å². The second-order valence-corrected chi connectivity index (χ2v) is 4.86. The quantitative estimate of drug-likeness (QED) is 0.474. The van der Waals surface area contributed by atoms with Crippen LogP contribution in [0.15, 0.2) is 28.0 Å². The van der Waals surface area contributed by atoms with E-state index in [-0.39, 0.29) is 24.0 Å². The third-order valence-corrected chi connectivity index (χ3v) is 3.31. The Morgan fingerprint density at radius 3 is 2.95 bits per heavy atom. The molecular formula is C13H23IN4O. The molecule has 1 unspecified atom stereocenters. The number of hydrogen-bond donors (Lipinski definition) is 2. The van der Waals surface area contributed by atoms with Crippen molar-refractivity contribution in [2.75, 3.05) is 33.7 Å². The van der Waals surface area contributed by atoms with E-state index >= 15 is 0 Å². The molecule has 0 aliphatic carbocycles. The summed E-state index contributed by atoms with van der Waals surface area (Å²) in [4.78, 5) is 6.59. The molecule has 6 heteroatoms. The number of rotatable bonds is 4. The monoisotopic (exact) mass is 378 g/mol. The Hall–Kier alpha value is -0.760. The molecule has 1 aromatic heterocycles. The van der Waals surface area contributed by atoms with Crippen LogP contribution in [0.3, 0.4) is 0 Å². The molecule has 1 atom stereocenters. The summed E-state index contributed by atoms with van der Waals surface area (Å²) in [7, 11) is 3.97. The van der Waals surface area contributed by atoms with Crippen LogP contribution in [0.25, 0.3) is 0 Å². The van der Waals surface area contributed by atoms with Crippen molar-refractivity contribution in [3.8, 4) is 0 Å². The summed E-state index contributed by atoms with van der Waals surface area (Å²) in [6.07, 6.45) is 4.69. The van der Waals surface area contributed by atoms with E-state index in [1.165, 1.54) is 19.5 Å². The molecule has 2 N–H and O–H groups in total. The highest BCUT2D eigenvalue weighted by Gasteiger charge is 2.19. The van der Waals surface area contributed by atoms with Gasteiger partial charge in [-0.2, -0.15) is 0 Å². The maximum Gasteiger partial charge on any atom is 0.191 e. The van der Waals surface area contributed by atoms with Gasteiger partial charge in [0.2, 0.25) is 0 Å². The fourth-order valence-corrected chi connectivity index (χ4v) is 2.23. The number of nitrogens with zero attached hydrogens (tertiary/aromatic N) is 2. The molecular weight excluding hydrogens is 355 g/mol. The van der Waals surface area contributed by atoms with Gasteiger partial charge in [0.25, 0.3) is 0 Å². The Morgan fingerprint density at radius 1 is 1.53 bits per heavy atom. The second kappa shape index (κ2) is 8.42. The predicted octanol–water partition coefficient (Wildman–Crippen LogP) is 1.51. The fourth-order valence-electron chi connectivity index (χ4n) is 2.23. The Morgan fingerprint density at radius 2 is 2.37 bits per heavy atom. The summed E-state index contributed by atoms with van der Waals surface area (Å²) < 4.78 is 5.03. The number of aliphatic imine (C=N–C) groups is 1. The standard InChI is InChI=1S/C13H22N4O.HI/c1-14-13(16-8-12-4-6-18-10-12)15-7-11-3-5-17(2)9-11;/h4,6,10-11H,3,5,7-9H2,1-2H3,(H2,14,15,16);1H. The molecule has 1 aliphatic rings. The first kappa shape index (κ1) is 16.3. The van der Waals surface area contributed by atoms with Crippen LogP contribution < -0.4 is 10.6 Å². The van der Waals surface area contributed by atoms with Crippen LogP contribution in [0.1, 0.15) is 12.0 Å². The maximum atomic E-state index is 5.03. The zero-order valence-electron chi connectivity index (χ0n) is 11.6. The van der Waals surface area contributed by atoms with E-state index in [1.807, 2.05) is 6.07 Å². The first-order chi connectivity index (χ1) is 8.78. The SMILES string of the molecule is CN=C(NCc1ccoc1)NCC1CCN(C)C1.I. The van der Waals surface area contributed by atoms with Crippen LogP contribution in [0.5, 0.6) is 0 Å². The second-order valence-electron chi connectivity index (χ2n) is 4.86. The number of furan rings is 1. The summed E-state index contributed by atoms with van der Waals surface area (Å²) in [5.41, 5.74) is 1.12. The van der Waals surface area contributed by atoms with Crippen LogP contribution >= 0.6 is 24.0 Å². The van der Waals surface area contributed by atoms with Gasteiger partial charge in [-0.15, -0.1) is 24.0 Å². The van der Waals surface area contributed by atoms with Gasteiger partial charge in [0.15, 0.2) is 5.96 Å². The molecule has 0 aromatic carbocycles. The van der Waals surface area contributed by atoms with Gasteiger partial charge in [-0.25, -0.2) is 0 Å². The summed E-state index contributed by atoms with van der Waals surface area (Å²) in [5.74, 6) is 1.58. The van der Waals surface area contributed by atoms with E-state index in [0.29, 0.717) is 0 Å². The molecule has 0 saturated carbocycles.